The van der Waals surface area contributed by atoms with E-state index in [0.29, 0.717) is 0 Å². The summed E-state index contributed by atoms with van der Waals surface area (Å²) in [7, 11) is 0. The van der Waals surface area contributed by atoms with Gasteiger partial charge in [-0.2, -0.15) is 4.40 Å². The predicted octanol–water partition coefficient (Wildman–Crippen LogP) is 1.36. The summed E-state index contributed by atoms with van der Waals surface area (Å²) in [6, 6.07) is 4.09. The number of aromatic nitrogens is 3. The molecule has 0 aromatic carbocycles. The highest BCUT2D eigenvalue weighted by Gasteiger charge is 2.10. The van der Waals surface area contributed by atoms with Crippen LogP contribution in [0, 0.1) is 0 Å². The summed E-state index contributed by atoms with van der Waals surface area (Å²) < 4.78 is 3.29. The van der Waals surface area contributed by atoms with Crippen molar-refractivity contribution in [2.75, 3.05) is 0 Å². The van der Waals surface area contributed by atoms with Crippen molar-refractivity contribution in [2.24, 2.45) is 0 Å². The Morgan fingerprint density at radius 2 is 2.50 bits per heavy atom. The van der Waals surface area contributed by atoms with Gasteiger partial charge in [-0.15, -0.1) is 0 Å². The first-order chi connectivity index (χ1) is 5.95. The Hall–Kier alpha value is -1.42. The van der Waals surface area contributed by atoms with Gasteiger partial charge in [0.15, 0.2) is 0 Å². The smallest absolute Gasteiger partial charge is 0.278 e. The average molecular weight is 176 g/mol. The topological polar surface area (TPSA) is 32.8 Å². The van der Waals surface area contributed by atoms with E-state index in [1.165, 1.54) is 4.70 Å². The third kappa shape index (κ3) is 0.648. The molecule has 0 fully saturated rings. The van der Waals surface area contributed by atoms with E-state index in [9.17, 15) is 0 Å². The molecule has 0 saturated heterocycles. The maximum absolute atomic E-state index is 4.22. The fourth-order valence-corrected chi connectivity index (χ4v) is 2.28. The lowest BCUT2D eigenvalue weighted by Crippen LogP contribution is -2.15. The molecule has 3 heterocycles. The van der Waals surface area contributed by atoms with Crippen molar-refractivity contribution in [1.82, 2.24) is 9.97 Å². The van der Waals surface area contributed by atoms with Crippen LogP contribution >= 0.6 is 11.3 Å². The van der Waals surface area contributed by atoms with Crippen LogP contribution in [-0.4, -0.2) is 9.97 Å². The van der Waals surface area contributed by atoms with Gasteiger partial charge < -0.3 is 0 Å². The second kappa shape index (κ2) is 2.04. The Balaban J connectivity index is 2.68. The molecule has 58 valence electrons. The van der Waals surface area contributed by atoms with Gasteiger partial charge >= 0.3 is 4.96 Å². The number of hydrogen-bond acceptors (Lipinski definition) is 2. The normalized spacial score (nSPS) is 11.3. The first-order valence-electron chi connectivity index (χ1n) is 3.67. The summed E-state index contributed by atoms with van der Waals surface area (Å²) in [6.07, 6.45) is 5.70. The van der Waals surface area contributed by atoms with Crippen molar-refractivity contribution >= 4 is 26.6 Å². The number of nitrogens with zero attached hydrogens (tertiary/aromatic N) is 2. The van der Waals surface area contributed by atoms with E-state index in [0.717, 1.165) is 10.6 Å². The van der Waals surface area contributed by atoms with E-state index >= 15 is 0 Å². The molecule has 3 nitrogen and oxygen atoms in total. The van der Waals surface area contributed by atoms with Crippen LogP contribution in [0.1, 0.15) is 0 Å². The van der Waals surface area contributed by atoms with Gasteiger partial charge in [0.25, 0.3) is 0 Å². The van der Waals surface area contributed by atoms with Crippen molar-refractivity contribution in [2.45, 2.75) is 0 Å². The van der Waals surface area contributed by atoms with E-state index in [2.05, 4.69) is 20.4 Å². The van der Waals surface area contributed by atoms with Gasteiger partial charge in [0.2, 0.25) is 5.65 Å². The highest BCUT2D eigenvalue weighted by Crippen LogP contribution is 2.16. The van der Waals surface area contributed by atoms with Crippen molar-refractivity contribution in [1.29, 1.82) is 0 Å². The standard InChI is InChI=1S/C8H5N3S/c1-2-6-7(9-3-1)11-5-4-10-8(11)12-6/h1-5H/p+1. The SMILES string of the molecule is c1c[nH]c2c(c1)sc1ncc[n+]12. The highest BCUT2D eigenvalue weighted by molar-refractivity contribution is 7.22. The second-order valence-corrected chi connectivity index (χ2v) is 3.57. The average Bonchev–Trinajstić information content (AvgIpc) is 2.62. The number of imidazole rings is 1. The van der Waals surface area contributed by atoms with E-state index in [1.54, 1.807) is 11.3 Å². The van der Waals surface area contributed by atoms with Crippen LogP contribution in [0.5, 0.6) is 0 Å². The molecular weight excluding hydrogens is 170 g/mol. The maximum Gasteiger partial charge on any atom is 0.326 e. The van der Waals surface area contributed by atoms with E-state index < -0.39 is 0 Å². The zero-order valence-corrected chi connectivity index (χ0v) is 7.01. The van der Waals surface area contributed by atoms with E-state index in [4.69, 9.17) is 0 Å². The van der Waals surface area contributed by atoms with Crippen molar-refractivity contribution in [3.8, 4) is 0 Å². The Morgan fingerprint density at radius 1 is 1.50 bits per heavy atom. The molecule has 0 atom stereocenters. The fourth-order valence-electron chi connectivity index (χ4n) is 1.32. The molecule has 3 aromatic rings. The number of hydrogen-bond donors (Lipinski definition) is 1. The third-order valence-electron chi connectivity index (χ3n) is 1.85. The molecular formula is C8H6N3S+. The molecule has 12 heavy (non-hydrogen) atoms. The van der Waals surface area contributed by atoms with Gasteiger partial charge in [-0.3, -0.25) is 4.98 Å². The zero-order valence-electron chi connectivity index (χ0n) is 6.19. The minimum atomic E-state index is 1.03. The van der Waals surface area contributed by atoms with Gasteiger partial charge in [-0.1, -0.05) is 16.3 Å². The molecule has 3 aromatic heterocycles. The number of aromatic amines is 1. The summed E-state index contributed by atoms with van der Waals surface area (Å²) >= 11 is 1.69. The summed E-state index contributed by atoms with van der Waals surface area (Å²) in [5.74, 6) is 0. The van der Waals surface area contributed by atoms with E-state index in [-0.39, 0.29) is 0 Å². The summed E-state index contributed by atoms with van der Waals surface area (Å²) in [4.78, 5) is 8.45. The first kappa shape index (κ1) is 6.14. The second-order valence-electron chi connectivity index (χ2n) is 2.56. The van der Waals surface area contributed by atoms with Crippen LogP contribution in [0.15, 0.2) is 30.7 Å². The number of pyridine rings is 1. The Labute approximate surface area is 72.3 Å². The van der Waals surface area contributed by atoms with Crippen LogP contribution in [-0.2, 0) is 0 Å². The molecule has 0 radical (unpaired) electrons. The van der Waals surface area contributed by atoms with Crippen LogP contribution in [0.25, 0.3) is 15.3 Å². The zero-order chi connectivity index (χ0) is 7.97. The van der Waals surface area contributed by atoms with Crippen LogP contribution in [0.2, 0.25) is 0 Å². The Kier molecular flexibility index (Phi) is 1.04. The summed E-state index contributed by atoms with van der Waals surface area (Å²) in [5, 5.41) is 0. The van der Waals surface area contributed by atoms with Gasteiger partial charge in [-0.25, -0.2) is 0 Å². The van der Waals surface area contributed by atoms with Crippen molar-refractivity contribution in [3.63, 3.8) is 0 Å². The maximum atomic E-state index is 4.22. The Morgan fingerprint density at radius 3 is 3.50 bits per heavy atom. The lowest BCUT2D eigenvalue weighted by atomic mass is 10.5. The van der Waals surface area contributed by atoms with Gasteiger partial charge in [0, 0.05) is 0 Å². The number of rotatable bonds is 0. The van der Waals surface area contributed by atoms with Crippen LogP contribution in [0.4, 0.5) is 0 Å². The molecule has 0 aliphatic heterocycles. The quantitative estimate of drug-likeness (QED) is 0.515. The third-order valence-corrected chi connectivity index (χ3v) is 2.88. The monoisotopic (exact) mass is 176 g/mol. The highest BCUT2D eigenvalue weighted by atomic mass is 32.1. The molecule has 0 bridgehead atoms. The summed E-state index contributed by atoms with van der Waals surface area (Å²) in [5.41, 5.74) is 1.12. The lowest BCUT2D eigenvalue weighted by Gasteiger charge is -1.81. The van der Waals surface area contributed by atoms with Crippen molar-refractivity contribution < 1.29 is 4.40 Å². The molecule has 0 aliphatic rings. The van der Waals surface area contributed by atoms with Crippen molar-refractivity contribution in [3.05, 3.63) is 30.7 Å². The van der Waals surface area contributed by atoms with Gasteiger partial charge in [-0.05, 0) is 12.1 Å². The number of nitrogens with one attached hydrogen (secondary N) is 1. The minimum Gasteiger partial charge on any atom is -0.278 e. The lowest BCUT2D eigenvalue weighted by molar-refractivity contribution is -0.478. The molecule has 0 unspecified atom stereocenters. The molecule has 0 amide bonds. The minimum absolute atomic E-state index is 1.03. The molecule has 3 rings (SSSR count). The molecule has 0 aliphatic carbocycles. The largest absolute Gasteiger partial charge is 0.326 e. The van der Waals surface area contributed by atoms with E-state index in [1.807, 2.05) is 24.7 Å². The predicted molar refractivity (Wildman–Crippen MR) is 47.1 cm³/mol. The molecule has 0 saturated carbocycles. The molecule has 4 heteroatoms. The van der Waals surface area contributed by atoms with Crippen LogP contribution in [0.3, 0.4) is 0 Å². The van der Waals surface area contributed by atoms with Gasteiger partial charge in [0.1, 0.15) is 17.1 Å². The molecule has 0 spiro atoms. The number of thiazole rings is 1. The molecule has 1 N–H and O–H groups in total. The number of H-pyrrole nitrogens is 1. The van der Waals surface area contributed by atoms with Crippen LogP contribution < -0.4 is 4.40 Å². The first-order valence-corrected chi connectivity index (χ1v) is 4.49. The number of fused-ring (bicyclic) bond motifs is 3. The fraction of sp³-hybridized carbons (Fsp3) is 0. The van der Waals surface area contributed by atoms with Gasteiger partial charge in [0.05, 0.1) is 6.20 Å². The Bertz CT molecular complexity index is 536. The summed E-state index contributed by atoms with van der Waals surface area (Å²) in [6.45, 7) is 0.